The zero-order valence-electron chi connectivity index (χ0n) is 11.4. The highest BCUT2D eigenvalue weighted by atomic mass is 16.2. The zero-order valence-corrected chi connectivity index (χ0v) is 11.4. The van der Waals surface area contributed by atoms with Crippen LogP contribution in [-0.2, 0) is 9.59 Å². The molecule has 1 atom stereocenters. The molecule has 1 unspecified atom stereocenters. The van der Waals surface area contributed by atoms with Crippen molar-refractivity contribution in [3.05, 3.63) is 0 Å². The Bertz CT molecular complexity index is 273. The molecule has 0 spiro atoms. The Hall–Kier alpha value is -1.10. The summed E-state index contributed by atoms with van der Waals surface area (Å²) in [6.45, 7) is 6.99. The first-order valence-electron chi connectivity index (χ1n) is 6.84. The molecule has 5 nitrogen and oxygen atoms in total. The fourth-order valence-corrected chi connectivity index (χ4v) is 1.93. The van der Waals surface area contributed by atoms with Crippen molar-refractivity contribution < 1.29 is 9.59 Å². The third kappa shape index (κ3) is 6.00. The largest absolute Gasteiger partial charge is 0.356 e. The van der Waals surface area contributed by atoms with Crippen molar-refractivity contribution in [2.45, 2.75) is 33.1 Å². The Balaban J connectivity index is 2.09. The topological polar surface area (TPSA) is 70.2 Å². The predicted octanol–water partition coefficient (Wildman–Crippen LogP) is 0.265. The Morgan fingerprint density at radius 2 is 2.11 bits per heavy atom. The van der Waals surface area contributed by atoms with Crippen molar-refractivity contribution in [3.8, 4) is 0 Å². The average molecular weight is 255 g/mol. The Kier molecular flexibility index (Phi) is 6.72. The molecule has 2 amide bonds. The molecule has 3 N–H and O–H groups in total. The molecule has 1 rings (SSSR count). The molecule has 1 aliphatic heterocycles. The fourth-order valence-electron chi connectivity index (χ4n) is 1.93. The van der Waals surface area contributed by atoms with E-state index in [0.717, 1.165) is 25.9 Å². The average Bonchev–Trinajstić information content (AvgIpc) is 2.37. The summed E-state index contributed by atoms with van der Waals surface area (Å²) in [7, 11) is 0. The second-order valence-electron chi connectivity index (χ2n) is 5.28. The minimum Gasteiger partial charge on any atom is -0.356 e. The van der Waals surface area contributed by atoms with Gasteiger partial charge in [-0.15, -0.1) is 0 Å². The van der Waals surface area contributed by atoms with E-state index in [-0.39, 0.29) is 17.7 Å². The summed E-state index contributed by atoms with van der Waals surface area (Å²) in [5.41, 5.74) is 0. The molecule has 0 aliphatic carbocycles. The summed E-state index contributed by atoms with van der Waals surface area (Å²) in [5, 5.41) is 8.87. The molecule has 1 saturated heterocycles. The van der Waals surface area contributed by atoms with Crippen molar-refractivity contribution in [3.63, 3.8) is 0 Å². The Morgan fingerprint density at radius 1 is 1.33 bits per heavy atom. The highest BCUT2D eigenvalue weighted by molar-refractivity contribution is 5.80. The second-order valence-corrected chi connectivity index (χ2v) is 5.28. The maximum atomic E-state index is 11.8. The minimum absolute atomic E-state index is 0.00534. The summed E-state index contributed by atoms with van der Waals surface area (Å²) >= 11 is 0. The van der Waals surface area contributed by atoms with Crippen molar-refractivity contribution in [2.24, 2.45) is 11.8 Å². The molecular weight excluding hydrogens is 230 g/mol. The normalized spacial score (nSPS) is 19.6. The van der Waals surface area contributed by atoms with E-state index >= 15 is 0 Å². The van der Waals surface area contributed by atoms with Gasteiger partial charge in [-0.1, -0.05) is 13.8 Å². The lowest BCUT2D eigenvalue weighted by Gasteiger charge is -2.21. The van der Waals surface area contributed by atoms with Crippen LogP contribution in [0.1, 0.15) is 33.1 Å². The van der Waals surface area contributed by atoms with Crippen molar-refractivity contribution in [2.75, 3.05) is 26.2 Å². The summed E-state index contributed by atoms with van der Waals surface area (Å²) in [5.74, 6) is 0.596. The number of amides is 2. The van der Waals surface area contributed by atoms with Crippen LogP contribution in [-0.4, -0.2) is 38.0 Å². The Morgan fingerprint density at radius 3 is 2.72 bits per heavy atom. The van der Waals surface area contributed by atoms with E-state index in [2.05, 4.69) is 29.8 Å². The molecule has 0 aromatic rings. The van der Waals surface area contributed by atoms with E-state index in [1.165, 1.54) is 0 Å². The van der Waals surface area contributed by atoms with Crippen molar-refractivity contribution in [1.82, 2.24) is 16.0 Å². The SMILES string of the molecule is CC(C)CNC(=O)CCNC(=O)C1CCCNC1. The van der Waals surface area contributed by atoms with Gasteiger partial charge < -0.3 is 16.0 Å². The fraction of sp³-hybridized carbons (Fsp3) is 0.846. The van der Waals surface area contributed by atoms with Crippen LogP contribution in [0.3, 0.4) is 0 Å². The van der Waals surface area contributed by atoms with Crippen LogP contribution < -0.4 is 16.0 Å². The third-order valence-electron chi connectivity index (χ3n) is 3.03. The van der Waals surface area contributed by atoms with Gasteiger partial charge in [-0.2, -0.15) is 0 Å². The molecule has 0 saturated carbocycles. The van der Waals surface area contributed by atoms with Gasteiger partial charge in [0.15, 0.2) is 0 Å². The maximum Gasteiger partial charge on any atom is 0.224 e. The first-order valence-corrected chi connectivity index (χ1v) is 6.84. The maximum absolute atomic E-state index is 11.8. The van der Waals surface area contributed by atoms with Crippen LogP contribution in [0.15, 0.2) is 0 Å². The van der Waals surface area contributed by atoms with Crippen LogP contribution in [0.4, 0.5) is 0 Å². The molecule has 1 heterocycles. The van der Waals surface area contributed by atoms with E-state index in [1.807, 2.05) is 0 Å². The first kappa shape index (κ1) is 15.0. The van der Waals surface area contributed by atoms with Gasteiger partial charge in [0.2, 0.25) is 11.8 Å². The molecule has 0 aromatic carbocycles. The van der Waals surface area contributed by atoms with E-state index < -0.39 is 0 Å². The second kappa shape index (κ2) is 8.08. The zero-order chi connectivity index (χ0) is 13.4. The highest BCUT2D eigenvalue weighted by Crippen LogP contribution is 2.09. The molecule has 0 radical (unpaired) electrons. The van der Waals surface area contributed by atoms with Crippen molar-refractivity contribution in [1.29, 1.82) is 0 Å². The van der Waals surface area contributed by atoms with Gasteiger partial charge >= 0.3 is 0 Å². The van der Waals surface area contributed by atoms with Crippen LogP contribution in [0.25, 0.3) is 0 Å². The minimum atomic E-state index is 0.00534. The monoisotopic (exact) mass is 255 g/mol. The number of nitrogens with one attached hydrogen (secondary N) is 3. The smallest absolute Gasteiger partial charge is 0.224 e. The number of piperidine rings is 1. The van der Waals surface area contributed by atoms with Gasteiger partial charge in [-0.3, -0.25) is 9.59 Å². The van der Waals surface area contributed by atoms with Gasteiger partial charge in [-0.05, 0) is 25.3 Å². The quantitative estimate of drug-likeness (QED) is 0.638. The first-order chi connectivity index (χ1) is 8.59. The predicted molar refractivity (Wildman–Crippen MR) is 71.1 cm³/mol. The molecule has 104 valence electrons. The molecule has 5 heteroatoms. The van der Waals surface area contributed by atoms with Gasteiger partial charge in [0.25, 0.3) is 0 Å². The van der Waals surface area contributed by atoms with E-state index in [9.17, 15) is 9.59 Å². The lowest BCUT2D eigenvalue weighted by molar-refractivity contribution is -0.125. The molecule has 1 fully saturated rings. The van der Waals surface area contributed by atoms with E-state index in [4.69, 9.17) is 0 Å². The number of hydrogen-bond acceptors (Lipinski definition) is 3. The van der Waals surface area contributed by atoms with Crippen LogP contribution >= 0.6 is 0 Å². The van der Waals surface area contributed by atoms with Gasteiger partial charge in [0, 0.05) is 26.1 Å². The van der Waals surface area contributed by atoms with Gasteiger partial charge in [0.05, 0.1) is 5.92 Å². The Labute approximate surface area is 109 Å². The number of carbonyl (C=O) groups excluding carboxylic acids is 2. The summed E-state index contributed by atoms with van der Waals surface area (Å²) in [4.78, 5) is 23.2. The van der Waals surface area contributed by atoms with E-state index in [0.29, 0.717) is 25.4 Å². The molecule has 1 aliphatic rings. The summed E-state index contributed by atoms with van der Waals surface area (Å²) in [6, 6.07) is 0. The van der Waals surface area contributed by atoms with Gasteiger partial charge in [0.1, 0.15) is 0 Å². The van der Waals surface area contributed by atoms with Crippen LogP contribution in [0.5, 0.6) is 0 Å². The van der Waals surface area contributed by atoms with Crippen LogP contribution in [0.2, 0.25) is 0 Å². The third-order valence-corrected chi connectivity index (χ3v) is 3.03. The molecule has 0 aromatic heterocycles. The highest BCUT2D eigenvalue weighted by Gasteiger charge is 2.20. The standard InChI is InChI=1S/C13H25N3O2/c1-10(2)8-16-12(17)5-7-15-13(18)11-4-3-6-14-9-11/h10-11,14H,3-9H2,1-2H3,(H,15,18)(H,16,17). The molecule has 18 heavy (non-hydrogen) atoms. The number of rotatable bonds is 6. The lowest BCUT2D eigenvalue weighted by Crippen LogP contribution is -2.41. The van der Waals surface area contributed by atoms with Crippen LogP contribution in [0, 0.1) is 11.8 Å². The van der Waals surface area contributed by atoms with Crippen molar-refractivity contribution >= 4 is 11.8 Å². The molecular formula is C13H25N3O2. The number of hydrogen-bond donors (Lipinski definition) is 3. The lowest BCUT2D eigenvalue weighted by atomic mass is 9.99. The number of carbonyl (C=O) groups is 2. The summed E-state index contributed by atoms with van der Waals surface area (Å²) in [6.07, 6.45) is 2.35. The molecule has 0 bridgehead atoms. The summed E-state index contributed by atoms with van der Waals surface area (Å²) < 4.78 is 0. The van der Waals surface area contributed by atoms with Gasteiger partial charge in [-0.25, -0.2) is 0 Å². The van der Waals surface area contributed by atoms with E-state index in [1.54, 1.807) is 0 Å².